The van der Waals surface area contributed by atoms with Gasteiger partial charge >= 0.3 is 0 Å². The second-order valence-corrected chi connectivity index (χ2v) is 4.25. The van der Waals surface area contributed by atoms with Gasteiger partial charge in [0.2, 0.25) is 5.89 Å². The van der Waals surface area contributed by atoms with Crippen LogP contribution >= 0.6 is 0 Å². The third kappa shape index (κ3) is 1.88. The van der Waals surface area contributed by atoms with Crippen molar-refractivity contribution in [3.63, 3.8) is 0 Å². The monoisotopic (exact) mass is 234 g/mol. The van der Waals surface area contributed by atoms with Crippen LogP contribution in [0.5, 0.6) is 0 Å². The number of nitrogens with zero attached hydrogens (tertiary/aromatic N) is 5. The van der Waals surface area contributed by atoms with Gasteiger partial charge in [-0.2, -0.15) is 4.98 Å². The summed E-state index contributed by atoms with van der Waals surface area (Å²) in [7, 11) is 0. The van der Waals surface area contributed by atoms with Crippen molar-refractivity contribution in [2.45, 2.75) is 38.6 Å². The molecule has 1 fully saturated rings. The summed E-state index contributed by atoms with van der Waals surface area (Å²) in [6.45, 7) is 2.43. The van der Waals surface area contributed by atoms with Crippen molar-refractivity contribution in [2.75, 3.05) is 5.73 Å². The molecule has 0 aromatic carbocycles. The lowest BCUT2D eigenvalue weighted by Gasteiger charge is -2.01. The van der Waals surface area contributed by atoms with Crippen LogP contribution in [-0.2, 0) is 13.0 Å². The molecule has 2 heterocycles. The molecule has 0 spiro atoms. The average molecular weight is 234 g/mol. The van der Waals surface area contributed by atoms with E-state index in [1.807, 2.05) is 6.92 Å². The Labute approximate surface area is 98.0 Å². The Hall–Kier alpha value is -1.92. The number of nitrogen functional groups attached to an aromatic ring is 1. The Kier molecular flexibility index (Phi) is 2.31. The lowest BCUT2D eigenvalue weighted by atomic mass is 10.3. The molecule has 0 aliphatic heterocycles. The van der Waals surface area contributed by atoms with Gasteiger partial charge in [-0.25, -0.2) is 4.68 Å². The van der Waals surface area contributed by atoms with Gasteiger partial charge in [0, 0.05) is 12.3 Å². The second kappa shape index (κ2) is 3.83. The van der Waals surface area contributed by atoms with E-state index in [-0.39, 0.29) is 0 Å². The van der Waals surface area contributed by atoms with Gasteiger partial charge in [0.1, 0.15) is 6.54 Å². The van der Waals surface area contributed by atoms with Crippen LogP contribution in [0.1, 0.15) is 43.1 Å². The highest BCUT2D eigenvalue weighted by atomic mass is 16.5. The molecule has 0 saturated heterocycles. The number of nitrogens with two attached hydrogens (primary N) is 1. The van der Waals surface area contributed by atoms with E-state index >= 15 is 0 Å². The standard InChI is InChI=1S/C10H14N6O/c1-2-7-12-8(17-14-7)5-16-9(6-3-4-6)10(11)13-15-16/h6H,2-5,11H2,1H3. The Bertz CT molecular complexity index is 527. The Morgan fingerprint density at radius 1 is 1.47 bits per heavy atom. The molecule has 7 nitrogen and oxygen atoms in total. The molecule has 2 aromatic heterocycles. The van der Waals surface area contributed by atoms with Gasteiger partial charge in [-0.3, -0.25) is 0 Å². The molecule has 0 atom stereocenters. The molecule has 2 N–H and O–H groups in total. The first-order valence-electron chi connectivity index (χ1n) is 5.78. The molecule has 0 bridgehead atoms. The van der Waals surface area contributed by atoms with E-state index < -0.39 is 0 Å². The van der Waals surface area contributed by atoms with Crippen LogP contribution < -0.4 is 5.73 Å². The summed E-state index contributed by atoms with van der Waals surface area (Å²) in [6.07, 6.45) is 3.07. The fraction of sp³-hybridized carbons (Fsp3) is 0.600. The minimum absolute atomic E-state index is 0.447. The predicted octanol–water partition coefficient (Wildman–Crippen LogP) is 0.731. The maximum atomic E-state index is 5.81. The Morgan fingerprint density at radius 3 is 2.94 bits per heavy atom. The van der Waals surface area contributed by atoms with Crippen molar-refractivity contribution < 1.29 is 4.52 Å². The zero-order chi connectivity index (χ0) is 11.8. The van der Waals surface area contributed by atoms with Crippen LogP contribution in [0.2, 0.25) is 0 Å². The molecule has 17 heavy (non-hydrogen) atoms. The molecular formula is C10H14N6O. The quantitative estimate of drug-likeness (QED) is 0.837. The van der Waals surface area contributed by atoms with Gasteiger partial charge < -0.3 is 10.3 Å². The first kappa shape index (κ1) is 10.2. The summed E-state index contributed by atoms with van der Waals surface area (Å²) < 4.78 is 6.90. The lowest BCUT2D eigenvalue weighted by molar-refractivity contribution is 0.358. The van der Waals surface area contributed by atoms with Crippen LogP contribution in [0, 0.1) is 0 Å². The molecule has 1 aliphatic carbocycles. The number of aromatic nitrogens is 5. The zero-order valence-electron chi connectivity index (χ0n) is 9.63. The zero-order valence-corrected chi connectivity index (χ0v) is 9.63. The van der Waals surface area contributed by atoms with Gasteiger partial charge in [0.05, 0.1) is 5.69 Å². The first-order chi connectivity index (χ1) is 8.28. The summed E-state index contributed by atoms with van der Waals surface area (Å²) in [5.74, 6) is 2.27. The van der Waals surface area contributed by atoms with E-state index in [1.165, 1.54) is 0 Å². The minimum atomic E-state index is 0.447. The molecule has 7 heteroatoms. The predicted molar refractivity (Wildman–Crippen MR) is 59.2 cm³/mol. The first-order valence-corrected chi connectivity index (χ1v) is 5.78. The van der Waals surface area contributed by atoms with Crippen LogP contribution in [0.25, 0.3) is 0 Å². The normalized spacial score (nSPS) is 15.4. The van der Waals surface area contributed by atoms with Crippen LogP contribution in [0.3, 0.4) is 0 Å². The molecule has 90 valence electrons. The van der Waals surface area contributed by atoms with Crippen molar-refractivity contribution in [1.82, 2.24) is 25.1 Å². The maximum Gasteiger partial charge on any atom is 0.248 e. The van der Waals surface area contributed by atoms with E-state index in [4.69, 9.17) is 10.3 Å². The van der Waals surface area contributed by atoms with Gasteiger partial charge in [0.25, 0.3) is 0 Å². The summed E-state index contributed by atoms with van der Waals surface area (Å²) >= 11 is 0. The van der Waals surface area contributed by atoms with Gasteiger partial charge in [-0.1, -0.05) is 17.3 Å². The van der Waals surface area contributed by atoms with Crippen LogP contribution in [-0.4, -0.2) is 25.1 Å². The topological polar surface area (TPSA) is 95.7 Å². The summed E-state index contributed by atoms with van der Waals surface area (Å²) in [5, 5.41) is 11.8. The van der Waals surface area contributed by atoms with E-state index in [9.17, 15) is 0 Å². The van der Waals surface area contributed by atoms with Crippen molar-refractivity contribution in [3.8, 4) is 0 Å². The smallest absolute Gasteiger partial charge is 0.248 e. The van der Waals surface area contributed by atoms with Crippen molar-refractivity contribution in [2.24, 2.45) is 0 Å². The van der Waals surface area contributed by atoms with E-state index in [2.05, 4.69) is 20.5 Å². The lowest BCUT2D eigenvalue weighted by Crippen LogP contribution is -2.07. The van der Waals surface area contributed by atoms with E-state index in [1.54, 1.807) is 4.68 Å². The summed E-state index contributed by atoms with van der Waals surface area (Å²) in [4.78, 5) is 4.25. The molecule has 0 radical (unpaired) electrons. The molecule has 2 aromatic rings. The minimum Gasteiger partial charge on any atom is -0.381 e. The number of anilines is 1. The molecular weight excluding hydrogens is 220 g/mol. The largest absolute Gasteiger partial charge is 0.381 e. The number of hydrogen-bond donors (Lipinski definition) is 1. The Balaban J connectivity index is 1.84. The van der Waals surface area contributed by atoms with Gasteiger partial charge in [-0.05, 0) is 12.8 Å². The molecule has 0 unspecified atom stereocenters. The molecule has 1 saturated carbocycles. The fourth-order valence-electron chi connectivity index (χ4n) is 1.85. The number of aryl methyl sites for hydroxylation is 1. The van der Waals surface area contributed by atoms with Gasteiger partial charge in [-0.15, -0.1) is 5.10 Å². The molecule has 3 rings (SSSR count). The highest BCUT2D eigenvalue weighted by molar-refractivity contribution is 5.38. The van der Waals surface area contributed by atoms with Crippen molar-refractivity contribution in [1.29, 1.82) is 0 Å². The van der Waals surface area contributed by atoms with Crippen LogP contribution in [0.15, 0.2) is 4.52 Å². The highest BCUT2D eigenvalue weighted by Gasteiger charge is 2.31. The number of rotatable bonds is 4. The van der Waals surface area contributed by atoms with Crippen molar-refractivity contribution in [3.05, 3.63) is 17.4 Å². The van der Waals surface area contributed by atoms with E-state index in [0.717, 1.165) is 25.0 Å². The molecule has 1 aliphatic rings. The van der Waals surface area contributed by atoms with Gasteiger partial charge in [0.15, 0.2) is 11.6 Å². The summed E-state index contributed by atoms with van der Waals surface area (Å²) in [5.41, 5.74) is 6.81. The molecule has 0 amide bonds. The third-order valence-corrected chi connectivity index (χ3v) is 2.88. The second-order valence-electron chi connectivity index (χ2n) is 4.25. The fourth-order valence-corrected chi connectivity index (χ4v) is 1.85. The van der Waals surface area contributed by atoms with Crippen molar-refractivity contribution >= 4 is 5.82 Å². The van der Waals surface area contributed by atoms with Crippen LogP contribution in [0.4, 0.5) is 5.82 Å². The maximum absolute atomic E-state index is 5.81. The SMILES string of the molecule is CCc1noc(Cn2nnc(N)c2C2CC2)n1. The van der Waals surface area contributed by atoms with E-state index in [0.29, 0.717) is 30.0 Å². The highest BCUT2D eigenvalue weighted by Crippen LogP contribution is 2.41. The average Bonchev–Trinajstić information content (AvgIpc) is 2.94. The third-order valence-electron chi connectivity index (χ3n) is 2.88. The number of hydrogen-bond acceptors (Lipinski definition) is 6. The Morgan fingerprint density at radius 2 is 2.29 bits per heavy atom. The summed E-state index contributed by atoms with van der Waals surface area (Å²) in [6, 6.07) is 0.